The van der Waals surface area contributed by atoms with Crippen LogP contribution in [0.2, 0.25) is 0 Å². The van der Waals surface area contributed by atoms with Gasteiger partial charge in [-0.15, -0.1) is 0 Å². The number of hydrogen-bond donors (Lipinski definition) is 2. The van der Waals surface area contributed by atoms with Crippen LogP contribution < -0.4 is 0 Å². The van der Waals surface area contributed by atoms with Crippen molar-refractivity contribution >= 4 is 22.6 Å². The zero-order chi connectivity index (χ0) is 46.1. The molecule has 350 valence electrons. The Bertz CT molecular complexity index is 1770. The number of ether oxygens (including phenoxy) is 3. The van der Waals surface area contributed by atoms with E-state index in [9.17, 15) is 10.2 Å². The van der Waals surface area contributed by atoms with Gasteiger partial charge in [-0.05, 0) is 39.8 Å². The fourth-order valence-electron chi connectivity index (χ4n) is 8.30. The molecule has 9 heteroatoms. The van der Waals surface area contributed by atoms with Gasteiger partial charge in [0.05, 0.1) is 51.8 Å². The van der Waals surface area contributed by atoms with Gasteiger partial charge in [0.1, 0.15) is 0 Å². The first-order valence-corrected chi connectivity index (χ1v) is 24.7. The number of nitrogens with zero attached hydrogens (tertiary/aromatic N) is 3. The Balaban J connectivity index is 1.08. The first kappa shape index (κ1) is 51.1. The summed E-state index contributed by atoms with van der Waals surface area (Å²) in [6, 6.07) is 62.9. The molecule has 6 rings (SSSR count). The summed E-state index contributed by atoms with van der Waals surface area (Å²) in [6.45, 7) is 10.6. The van der Waals surface area contributed by atoms with Crippen molar-refractivity contribution in [3.05, 3.63) is 215 Å². The van der Waals surface area contributed by atoms with Crippen molar-refractivity contribution in [2.45, 2.75) is 68.7 Å². The molecule has 0 radical (unpaired) electrons. The smallest absolute Gasteiger partial charge is 0.0900 e. The average Bonchev–Trinajstić information content (AvgIpc) is 3.33. The van der Waals surface area contributed by atoms with E-state index >= 15 is 0 Å². The molecule has 0 spiro atoms. The first-order valence-electron chi connectivity index (χ1n) is 23.5. The zero-order valence-corrected chi connectivity index (χ0v) is 40.9. The van der Waals surface area contributed by atoms with Crippen molar-refractivity contribution < 1.29 is 24.4 Å². The van der Waals surface area contributed by atoms with Crippen LogP contribution in [-0.2, 0) is 53.5 Å². The van der Waals surface area contributed by atoms with Crippen molar-refractivity contribution in [2.24, 2.45) is 5.41 Å². The number of halogens is 1. The number of benzene rings is 6. The van der Waals surface area contributed by atoms with Crippen molar-refractivity contribution in [2.75, 3.05) is 59.3 Å². The molecule has 0 heterocycles. The van der Waals surface area contributed by atoms with Gasteiger partial charge in [-0.25, -0.2) is 0 Å². The predicted molar refractivity (Wildman–Crippen MR) is 276 cm³/mol. The van der Waals surface area contributed by atoms with E-state index in [1.54, 1.807) is 0 Å². The Kier molecular flexibility index (Phi) is 22.3. The molecule has 0 fully saturated rings. The van der Waals surface area contributed by atoms with Crippen LogP contribution in [0.25, 0.3) is 0 Å². The summed E-state index contributed by atoms with van der Waals surface area (Å²) in [5, 5.41) is 22.9. The van der Waals surface area contributed by atoms with Crippen molar-refractivity contribution in [1.82, 2.24) is 14.7 Å². The fraction of sp³-hybridized carbons (Fsp3) is 0.368. The fourth-order valence-corrected chi connectivity index (χ4v) is 9.11. The Labute approximate surface area is 408 Å². The summed E-state index contributed by atoms with van der Waals surface area (Å²) in [4.78, 5) is 7.04. The number of alkyl halides is 1. The van der Waals surface area contributed by atoms with Gasteiger partial charge >= 0.3 is 0 Å². The van der Waals surface area contributed by atoms with Gasteiger partial charge in [0.15, 0.2) is 0 Å². The zero-order valence-electron chi connectivity index (χ0n) is 38.7. The van der Waals surface area contributed by atoms with E-state index in [1.165, 1.54) is 33.4 Å². The summed E-state index contributed by atoms with van der Waals surface area (Å²) in [6.07, 6.45) is -0.661. The van der Waals surface area contributed by atoms with Crippen LogP contribution in [0.3, 0.4) is 0 Å². The molecule has 3 atom stereocenters. The lowest BCUT2D eigenvalue weighted by atomic mass is 9.88. The molecular weight excluding hydrogens is 934 g/mol. The molecule has 0 saturated carbocycles. The maximum absolute atomic E-state index is 11.5. The lowest BCUT2D eigenvalue weighted by molar-refractivity contribution is -0.0959. The van der Waals surface area contributed by atoms with Crippen LogP contribution in [0.4, 0.5) is 0 Å². The second-order valence-electron chi connectivity index (χ2n) is 17.7. The monoisotopic (exact) mass is 1000 g/mol. The average molecular weight is 1000 g/mol. The van der Waals surface area contributed by atoms with Crippen molar-refractivity contribution in [1.29, 1.82) is 0 Å². The quantitative estimate of drug-likeness (QED) is 0.0330. The highest BCUT2D eigenvalue weighted by Gasteiger charge is 2.31. The Morgan fingerprint density at radius 3 is 0.894 bits per heavy atom. The first-order chi connectivity index (χ1) is 32.3. The van der Waals surface area contributed by atoms with Gasteiger partial charge in [0.2, 0.25) is 0 Å². The number of aliphatic hydroxyl groups is 2. The highest BCUT2D eigenvalue weighted by Crippen LogP contribution is 2.26. The molecule has 2 N–H and O–H groups in total. The molecule has 8 nitrogen and oxygen atoms in total. The maximum Gasteiger partial charge on any atom is 0.0900 e. The summed E-state index contributed by atoms with van der Waals surface area (Å²) in [5.74, 6) is 0. The lowest BCUT2D eigenvalue weighted by Crippen LogP contribution is -2.41. The minimum absolute atomic E-state index is 0.182. The van der Waals surface area contributed by atoms with E-state index in [0.717, 1.165) is 52.2 Å². The normalized spacial score (nSPS) is 14.0. The minimum Gasteiger partial charge on any atom is -0.389 e. The summed E-state index contributed by atoms with van der Waals surface area (Å²) in [7, 11) is 0. The molecule has 0 aromatic heterocycles. The third-order valence-corrected chi connectivity index (χ3v) is 12.5. The number of aliphatic hydroxyl groups excluding tert-OH is 2. The third-order valence-electron chi connectivity index (χ3n) is 11.8. The minimum atomic E-state index is -0.699. The second-order valence-corrected chi connectivity index (χ2v) is 19.5. The highest BCUT2D eigenvalue weighted by atomic mass is 127. The van der Waals surface area contributed by atoms with E-state index in [1.807, 2.05) is 24.3 Å². The van der Waals surface area contributed by atoms with Crippen LogP contribution in [0.1, 0.15) is 46.7 Å². The Hall–Kier alpha value is -4.27. The van der Waals surface area contributed by atoms with Crippen LogP contribution in [0, 0.1) is 5.41 Å². The standard InChI is InChI=1S/C57H70IN3O5/c1-2-57(45-64-42-54(58)39-59(33-48-21-9-3-10-22-48)34-49-23-11-4-12-24-49,46-65-43-55(62)40-60(35-50-25-13-5-14-26-50)36-51-27-15-6-16-28-51)47-66-44-56(63)41-61(37-52-29-17-7-18-30-52)38-53-31-19-8-20-32-53/h3-32,54-56,62-63H,2,33-47H2,1H3. The molecule has 66 heavy (non-hydrogen) atoms. The van der Waals surface area contributed by atoms with Gasteiger partial charge in [0.25, 0.3) is 0 Å². The summed E-state index contributed by atoms with van der Waals surface area (Å²) in [5.41, 5.74) is 6.86. The van der Waals surface area contributed by atoms with Crippen LogP contribution >= 0.6 is 22.6 Å². The SMILES string of the molecule is CCC(COCC(O)CN(Cc1ccccc1)Cc1ccccc1)(COCC(O)CN(Cc1ccccc1)Cc1ccccc1)COCC(I)CN(Cc1ccccc1)Cc1ccccc1. The molecule has 3 unspecified atom stereocenters. The maximum atomic E-state index is 11.5. The molecule has 0 amide bonds. The van der Waals surface area contributed by atoms with Crippen LogP contribution in [0.15, 0.2) is 182 Å². The number of hydrogen-bond acceptors (Lipinski definition) is 8. The Morgan fingerprint density at radius 2 is 0.636 bits per heavy atom. The molecule has 6 aromatic carbocycles. The lowest BCUT2D eigenvalue weighted by Gasteiger charge is -2.34. The van der Waals surface area contributed by atoms with Crippen LogP contribution in [0.5, 0.6) is 0 Å². The topological polar surface area (TPSA) is 77.9 Å². The molecule has 0 bridgehead atoms. The van der Waals surface area contributed by atoms with Crippen molar-refractivity contribution in [3.63, 3.8) is 0 Å². The van der Waals surface area contributed by atoms with Gasteiger partial charge < -0.3 is 24.4 Å². The van der Waals surface area contributed by atoms with Gasteiger partial charge in [0, 0.05) is 68.2 Å². The van der Waals surface area contributed by atoms with Gasteiger partial charge in [-0.2, -0.15) is 0 Å². The van der Waals surface area contributed by atoms with E-state index in [2.05, 4.69) is 202 Å². The van der Waals surface area contributed by atoms with Crippen LogP contribution in [-0.4, -0.2) is 100 Å². The van der Waals surface area contributed by atoms with Gasteiger partial charge in [-0.1, -0.05) is 212 Å². The summed E-state index contributed by atoms with van der Waals surface area (Å²) >= 11 is 2.53. The largest absolute Gasteiger partial charge is 0.389 e. The second kappa shape index (κ2) is 28.8. The molecule has 0 aliphatic carbocycles. The Morgan fingerprint density at radius 1 is 0.394 bits per heavy atom. The summed E-state index contributed by atoms with van der Waals surface area (Å²) < 4.78 is 19.7. The molecule has 0 aliphatic rings. The molecular formula is C57H70IN3O5. The number of rotatable bonds is 31. The molecule has 0 aliphatic heterocycles. The molecule has 0 saturated heterocycles. The van der Waals surface area contributed by atoms with E-state index in [4.69, 9.17) is 14.2 Å². The third kappa shape index (κ3) is 19.1. The van der Waals surface area contributed by atoms with E-state index < -0.39 is 17.6 Å². The van der Waals surface area contributed by atoms with E-state index in [-0.39, 0.29) is 17.1 Å². The predicted octanol–water partition coefficient (Wildman–Crippen LogP) is 10.1. The highest BCUT2D eigenvalue weighted by molar-refractivity contribution is 14.1. The van der Waals surface area contributed by atoms with Crippen molar-refractivity contribution in [3.8, 4) is 0 Å². The molecule has 6 aromatic rings. The van der Waals surface area contributed by atoms with E-state index in [0.29, 0.717) is 39.5 Å². The van der Waals surface area contributed by atoms with Gasteiger partial charge in [-0.3, -0.25) is 14.7 Å².